The fourth-order valence-corrected chi connectivity index (χ4v) is 1.51. The van der Waals surface area contributed by atoms with Crippen LogP contribution in [0, 0.1) is 0 Å². The van der Waals surface area contributed by atoms with E-state index in [9.17, 15) is 4.79 Å². The van der Waals surface area contributed by atoms with E-state index in [0.717, 1.165) is 19.4 Å². The molecule has 0 atom stereocenters. The molecule has 1 aromatic heterocycles. The zero-order chi connectivity index (χ0) is 13.4. The minimum atomic E-state index is -0.0984. The first-order valence-electron chi connectivity index (χ1n) is 5.99. The van der Waals surface area contributed by atoms with Gasteiger partial charge in [0.2, 0.25) is 0 Å². The molecule has 0 bridgehead atoms. The van der Waals surface area contributed by atoms with Crippen molar-refractivity contribution >= 4 is 11.7 Å². The Morgan fingerprint density at radius 3 is 2.89 bits per heavy atom. The second-order valence-electron chi connectivity index (χ2n) is 4.34. The van der Waals surface area contributed by atoms with Crippen LogP contribution in [0.1, 0.15) is 23.2 Å². The van der Waals surface area contributed by atoms with Crippen LogP contribution in [0.4, 0.5) is 5.82 Å². The molecule has 0 saturated heterocycles. The van der Waals surface area contributed by atoms with Gasteiger partial charge in [0.05, 0.1) is 0 Å². The summed E-state index contributed by atoms with van der Waals surface area (Å²) >= 11 is 0. The Labute approximate surface area is 108 Å². The van der Waals surface area contributed by atoms with E-state index in [1.165, 1.54) is 0 Å². The molecule has 0 saturated carbocycles. The number of carbonyl (C=O) groups excluding carboxylic acids is 1. The SMILES string of the molecule is CN(C)CCCCNC(=O)c1ccnc(NN)c1. The number of anilines is 1. The summed E-state index contributed by atoms with van der Waals surface area (Å²) in [7, 11) is 4.08. The van der Waals surface area contributed by atoms with Crippen molar-refractivity contribution in [3.8, 4) is 0 Å². The number of nitrogens with zero attached hydrogens (tertiary/aromatic N) is 2. The topological polar surface area (TPSA) is 83.3 Å². The van der Waals surface area contributed by atoms with E-state index >= 15 is 0 Å². The number of nitrogens with two attached hydrogens (primary N) is 1. The first kappa shape index (κ1) is 14.4. The number of hydrogen-bond donors (Lipinski definition) is 3. The van der Waals surface area contributed by atoms with Gasteiger partial charge >= 0.3 is 0 Å². The highest BCUT2D eigenvalue weighted by molar-refractivity contribution is 5.94. The molecule has 0 unspecified atom stereocenters. The maximum atomic E-state index is 11.8. The average molecular weight is 251 g/mol. The summed E-state index contributed by atoms with van der Waals surface area (Å²) in [5.41, 5.74) is 2.98. The molecule has 18 heavy (non-hydrogen) atoms. The van der Waals surface area contributed by atoms with Crippen molar-refractivity contribution in [2.45, 2.75) is 12.8 Å². The quantitative estimate of drug-likeness (QED) is 0.372. The van der Waals surface area contributed by atoms with Crippen LogP contribution in [-0.2, 0) is 0 Å². The van der Waals surface area contributed by atoms with Crippen molar-refractivity contribution in [3.63, 3.8) is 0 Å². The number of pyridine rings is 1. The number of hydrogen-bond acceptors (Lipinski definition) is 5. The van der Waals surface area contributed by atoms with Gasteiger partial charge in [0.25, 0.3) is 5.91 Å². The second-order valence-corrected chi connectivity index (χ2v) is 4.34. The normalized spacial score (nSPS) is 10.4. The number of carbonyl (C=O) groups is 1. The van der Waals surface area contributed by atoms with Gasteiger partial charge in [-0.05, 0) is 45.6 Å². The molecule has 0 spiro atoms. The Kier molecular flexibility index (Phi) is 6.10. The molecule has 100 valence electrons. The molecule has 1 rings (SSSR count). The van der Waals surface area contributed by atoms with Crippen LogP contribution in [0.3, 0.4) is 0 Å². The number of amides is 1. The van der Waals surface area contributed by atoms with E-state index < -0.39 is 0 Å². The standard InChI is InChI=1S/C12H21N5O/c1-17(2)8-4-3-6-15-12(18)10-5-7-14-11(9-10)16-13/h5,7,9H,3-4,6,8,13H2,1-2H3,(H,14,16)(H,15,18). The molecule has 0 aliphatic carbocycles. The molecule has 0 aliphatic heterocycles. The summed E-state index contributed by atoms with van der Waals surface area (Å²) in [6.45, 7) is 1.72. The molecular weight excluding hydrogens is 230 g/mol. The van der Waals surface area contributed by atoms with Gasteiger partial charge in [-0.1, -0.05) is 0 Å². The summed E-state index contributed by atoms with van der Waals surface area (Å²) in [6.07, 6.45) is 3.59. The second kappa shape index (κ2) is 7.62. The molecule has 6 heteroatoms. The van der Waals surface area contributed by atoms with E-state index in [1.54, 1.807) is 18.3 Å². The van der Waals surface area contributed by atoms with E-state index in [-0.39, 0.29) is 5.91 Å². The van der Waals surface area contributed by atoms with Crippen LogP contribution in [0.15, 0.2) is 18.3 Å². The van der Waals surface area contributed by atoms with E-state index in [2.05, 4.69) is 20.6 Å². The van der Waals surface area contributed by atoms with Gasteiger partial charge < -0.3 is 15.6 Å². The lowest BCUT2D eigenvalue weighted by atomic mass is 10.2. The molecule has 0 fully saturated rings. The summed E-state index contributed by atoms with van der Waals surface area (Å²) in [4.78, 5) is 17.9. The summed E-state index contributed by atoms with van der Waals surface area (Å²) < 4.78 is 0. The monoisotopic (exact) mass is 251 g/mol. The summed E-state index contributed by atoms with van der Waals surface area (Å²) in [5.74, 6) is 5.62. The van der Waals surface area contributed by atoms with Crippen molar-refractivity contribution in [1.29, 1.82) is 0 Å². The Hall–Kier alpha value is -1.66. The third-order valence-electron chi connectivity index (χ3n) is 2.49. The van der Waals surface area contributed by atoms with Gasteiger partial charge in [-0.3, -0.25) is 4.79 Å². The van der Waals surface area contributed by atoms with Crippen molar-refractivity contribution in [3.05, 3.63) is 23.9 Å². The molecule has 6 nitrogen and oxygen atoms in total. The smallest absolute Gasteiger partial charge is 0.251 e. The van der Waals surface area contributed by atoms with E-state index in [0.29, 0.717) is 17.9 Å². The number of aromatic nitrogens is 1. The van der Waals surface area contributed by atoms with Crippen molar-refractivity contribution in [2.24, 2.45) is 5.84 Å². The van der Waals surface area contributed by atoms with Crippen molar-refractivity contribution in [1.82, 2.24) is 15.2 Å². The van der Waals surface area contributed by atoms with Crippen LogP contribution >= 0.6 is 0 Å². The molecule has 0 aromatic carbocycles. The van der Waals surface area contributed by atoms with Gasteiger partial charge in [0.1, 0.15) is 5.82 Å². The van der Waals surface area contributed by atoms with Gasteiger partial charge in [0, 0.05) is 18.3 Å². The number of nitrogen functional groups attached to an aromatic ring is 1. The van der Waals surface area contributed by atoms with Gasteiger partial charge in [-0.25, -0.2) is 10.8 Å². The van der Waals surface area contributed by atoms with E-state index in [1.807, 2.05) is 14.1 Å². The van der Waals surface area contributed by atoms with Gasteiger partial charge in [-0.2, -0.15) is 0 Å². The van der Waals surface area contributed by atoms with Crippen molar-refractivity contribution in [2.75, 3.05) is 32.6 Å². The number of rotatable bonds is 7. The van der Waals surface area contributed by atoms with Crippen LogP contribution in [-0.4, -0.2) is 43.0 Å². The minimum absolute atomic E-state index is 0.0984. The fraction of sp³-hybridized carbons (Fsp3) is 0.500. The Morgan fingerprint density at radius 2 is 2.22 bits per heavy atom. The molecule has 4 N–H and O–H groups in total. The van der Waals surface area contributed by atoms with Crippen LogP contribution in [0.2, 0.25) is 0 Å². The lowest BCUT2D eigenvalue weighted by molar-refractivity contribution is 0.0952. The zero-order valence-electron chi connectivity index (χ0n) is 10.9. The highest BCUT2D eigenvalue weighted by Gasteiger charge is 2.05. The predicted octanol–water partition coefficient (Wildman–Crippen LogP) is 0.439. The maximum Gasteiger partial charge on any atom is 0.251 e. The Bertz CT molecular complexity index is 380. The number of hydrazine groups is 1. The fourth-order valence-electron chi connectivity index (χ4n) is 1.51. The first-order valence-corrected chi connectivity index (χ1v) is 5.99. The van der Waals surface area contributed by atoms with Crippen LogP contribution in [0.5, 0.6) is 0 Å². The molecule has 1 amide bonds. The molecule has 1 heterocycles. The average Bonchev–Trinajstić information content (AvgIpc) is 2.37. The van der Waals surface area contributed by atoms with Gasteiger partial charge in [0.15, 0.2) is 0 Å². The molecular formula is C12H21N5O. The summed E-state index contributed by atoms with van der Waals surface area (Å²) in [6, 6.07) is 3.28. The first-order chi connectivity index (χ1) is 8.63. The third-order valence-corrected chi connectivity index (χ3v) is 2.49. The lowest BCUT2D eigenvalue weighted by Gasteiger charge is -2.09. The van der Waals surface area contributed by atoms with Gasteiger partial charge in [-0.15, -0.1) is 0 Å². The van der Waals surface area contributed by atoms with Crippen LogP contribution < -0.4 is 16.6 Å². The lowest BCUT2D eigenvalue weighted by Crippen LogP contribution is -2.25. The van der Waals surface area contributed by atoms with Crippen molar-refractivity contribution < 1.29 is 4.79 Å². The number of unbranched alkanes of at least 4 members (excludes halogenated alkanes) is 1. The highest BCUT2D eigenvalue weighted by atomic mass is 16.1. The zero-order valence-corrected chi connectivity index (χ0v) is 10.9. The van der Waals surface area contributed by atoms with E-state index in [4.69, 9.17) is 5.84 Å². The largest absolute Gasteiger partial charge is 0.352 e. The Balaban J connectivity index is 2.31. The third kappa shape index (κ3) is 5.11. The Morgan fingerprint density at radius 1 is 1.44 bits per heavy atom. The summed E-state index contributed by atoms with van der Waals surface area (Å²) in [5, 5.41) is 2.87. The minimum Gasteiger partial charge on any atom is -0.352 e. The molecule has 1 aromatic rings. The molecule has 0 radical (unpaired) electrons. The maximum absolute atomic E-state index is 11.8. The molecule has 0 aliphatic rings. The number of nitrogens with one attached hydrogen (secondary N) is 2. The highest BCUT2D eigenvalue weighted by Crippen LogP contribution is 2.05. The predicted molar refractivity (Wildman–Crippen MR) is 72.2 cm³/mol. The van der Waals surface area contributed by atoms with Crippen LogP contribution in [0.25, 0.3) is 0 Å².